The molecular formula is C17H24N2O5S. The first-order chi connectivity index (χ1) is 12.0. The number of benzene rings is 1. The van der Waals surface area contributed by atoms with Gasteiger partial charge in [-0.2, -0.15) is 4.31 Å². The van der Waals surface area contributed by atoms with Crippen molar-refractivity contribution in [3.8, 4) is 11.5 Å². The highest BCUT2D eigenvalue weighted by molar-refractivity contribution is 7.89. The van der Waals surface area contributed by atoms with Crippen molar-refractivity contribution in [2.75, 3.05) is 39.4 Å². The molecule has 0 N–H and O–H groups in total. The smallest absolute Gasteiger partial charge is 0.243 e. The summed E-state index contributed by atoms with van der Waals surface area (Å²) in [5.41, 5.74) is 0. The first-order valence-electron chi connectivity index (χ1n) is 8.70. The van der Waals surface area contributed by atoms with Gasteiger partial charge in [-0.1, -0.05) is 6.92 Å². The standard InChI is InChI=1S/C17H24N2O5S/c1-2-4-17(20)18-7-3-8-19(10-9-18)25(21,22)14-5-6-15-16(13-14)24-12-11-23-15/h5-6,13H,2-4,7-12H2,1H3. The van der Waals surface area contributed by atoms with E-state index in [0.717, 1.165) is 6.42 Å². The van der Waals surface area contributed by atoms with Gasteiger partial charge in [-0.05, 0) is 25.0 Å². The molecule has 1 amide bonds. The van der Waals surface area contributed by atoms with Gasteiger partial charge >= 0.3 is 0 Å². The van der Waals surface area contributed by atoms with Gasteiger partial charge in [-0.3, -0.25) is 4.79 Å². The third kappa shape index (κ3) is 3.90. The average Bonchev–Trinajstić information content (AvgIpc) is 2.88. The quantitative estimate of drug-likeness (QED) is 0.805. The maximum absolute atomic E-state index is 13.0. The van der Waals surface area contributed by atoms with Gasteiger partial charge in [0, 0.05) is 38.7 Å². The van der Waals surface area contributed by atoms with Gasteiger partial charge in [-0.25, -0.2) is 8.42 Å². The van der Waals surface area contributed by atoms with Gasteiger partial charge < -0.3 is 14.4 Å². The molecule has 0 bridgehead atoms. The normalized spacial score (nSPS) is 18.7. The Labute approximate surface area is 148 Å². The van der Waals surface area contributed by atoms with Crippen LogP contribution in [0.25, 0.3) is 0 Å². The fourth-order valence-corrected chi connectivity index (χ4v) is 4.57. The van der Waals surface area contributed by atoms with Gasteiger partial charge in [-0.15, -0.1) is 0 Å². The largest absolute Gasteiger partial charge is 0.486 e. The van der Waals surface area contributed by atoms with Crippen molar-refractivity contribution in [1.29, 1.82) is 0 Å². The summed E-state index contributed by atoms with van der Waals surface area (Å²) in [4.78, 5) is 14.0. The number of sulfonamides is 1. The summed E-state index contributed by atoms with van der Waals surface area (Å²) in [6, 6.07) is 4.71. The molecular weight excluding hydrogens is 344 g/mol. The zero-order valence-electron chi connectivity index (χ0n) is 14.4. The van der Waals surface area contributed by atoms with Crippen molar-refractivity contribution in [3.05, 3.63) is 18.2 Å². The molecule has 2 aliphatic heterocycles. The lowest BCUT2D eigenvalue weighted by atomic mass is 10.3. The lowest BCUT2D eigenvalue weighted by Crippen LogP contribution is -2.37. The monoisotopic (exact) mass is 368 g/mol. The Bertz CT molecular complexity index is 735. The summed E-state index contributed by atoms with van der Waals surface area (Å²) >= 11 is 0. The summed E-state index contributed by atoms with van der Waals surface area (Å²) in [6.45, 7) is 4.60. The van der Waals surface area contributed by atoms with Crippen LogP contribution in [0.15, 0.2) is 23.1 Å². The van der Waals surface area contributed by atoms with Crippen molar-refractivity contribution in [2.45, 2.75) is 31.1 Å². The molecule has 1 aromatic carbocycles. The molecule has 8 heteroatoms. The van der Waals surface area contributed by atoms with Crippen LogP contribution < -0.4 is 9.47 Å². The van der Waals surface area contributed by atoms with E-state index in [9.17, 15) is 13.2 Å². The molecule has 0 aromatic heterocycles. The van der Waals surface area contributed by atoms with Crippen LogP contribution in [0, 0.1) is 0 Å². The second-order valence-corrected chi connectivity index (χ2v) is 8.13. The highest BCUT2D eigenvalue weighted by Gasteiger charge is 2.29. The third-order valence-electron chi connectivity index (χ3n) is 4.42. The number of carbonyl (C=O) groups is 1. The minimum atomic E-state index is -3.62. The van der Waals surface area contributed by atoms with E-state index in [2.05, 4.69) is 0 Å². The van der Waals surface area contributed by atoms with Gasteiger partial charge in [0.15, 0.2) is 11.5 Å². The van der Waals surface area contributed by atoms with Gasteiger partial charge in [0.05, 0.1) is 4.90 Å². The number of carbonyl (C=O) groups excluding carboxylic acids is 1. The molecule has 2 heterocycles. The van der Waals surface area contributed by atoms with Crippen LogP contribution in [-0.4, -0.2) is 62.9 Å². The van der Waals surface area contributed by atoms with E-state index in [-0.39, 0.29) is 10.8 Å². The first kappa shape index (κ1) is 18.0. The molecule has 0 unspecified atom stereocenters. The van der Waals surface area contributed by atoms with Gasteiger partial charge in [0.25, 0.3) is 0 Å². The van der Waals surface area contributed by atoms with Gasteiger partial charge in [0.1, 0.15) is 13.2 Å². The highest BCUT2D eigenvalue weighted by Crippen LogP contribution is 2.33. The van der Waals surface area contributed by atoms with E-state index >= 15 is 0 Å². The van der Waals surface area contributed by atoms with Crippen molar-refractivity contribution in [1.82, 2.24) is 9.21 Å². The zero-order chi connectivity index (χ0) is 17.9. The van der Waals surface area contributed by atoms with Crippen LogP contribution in [0.3, 0.4) is 0 Å². The van der Waals surface area contributed by atoms with Crippen molar-refractivity contribution in [3.63, 3.8) is 0 Å². The van der Waals surface area contributed by atoms with E-state index in [1.165, 1.54) is 10.4 Å². The zero-order valence-corrected chi connectivity index (χ0v) is 15.3. The second kappa shape index (κ2) is 7.61. The third-order valence-corrected chi connectivity index (χ3v) is 6.32. The predicted octanol–water partition coefficient (Wildman–Crippen LogP) is 1.48. The van der Waals surface area contributed by atoms with E-state index in [1.54, 1.807) is 17.0 Å². The number of rotatable bonds is 4. The van der Waals surface area contributed by atoms with Crippen LogP contribution in [0.1, 0.15) is 26.2 Å². The summed E-state index contributed by atoms with van der Waals surface area (Å²) < 4.78 is 38.3. The molecule has 2 aliphatic rings. The molecule has 7 nitrogen and oxygen atoms in total. The lowest BCUT2D eigenvalue weighted by Gasteiger charge is -2.23. The first-order valence-corrected chi connectivity index (χ1v) is 10.1. The SMILES string of the molecule is CCCC(=O)N1CCCN(S(=O)(=O)c2ccc3c(c2)OCCO3)CC1. The number of hydrogen-bond acceptors (Lipinski definition) is 5. The Morgan fingerprint density at radius 1 is 1.08 bits per heavy atom. The van der Waals surface area contributed by atoms with E-state index < -0.39 is 10.0 Å². The number of nitrogens with zero attached hydrogens (tertiary/aromatic N) is 2. The molecule has 0 radical (unpaired) electrons. The van der Waals surface area contributed by atoms with Crippen molar-refractivity contribution in [2.24, 2.45) is 0 Å². The minimum Gasteiger partial charge on any atom is -0.486 e. The fourth-order valence-electron chi connectivity index (χ4n) is 3.09. The molecule has 1 fully saturated rings. The number of hydrogen-bond donors (Lipinski definition) is 0. The predicted molar refractivity (Wildman–Crippen MR) is 92.3 cm³/mol. The molecule has 1 aromatic rings. The Kier molecular flexibility index (Phi) is 5.48. The topological polar surface area (TPSA) is 76.2 Å². The van der Waals surface area contributed by atoms with Crippen molar-refractivity contribution >= 4 is 15.9 Å². The molecule has 0 spiro atoms. The molecule has 138 valence electrons. The number of amides is 1. The van der Waals surface area contributed by atoms with Gasteiger partial charge in [0.2, 0.25) is 15.9 Å². The Balaban J connectivity index is 1.75. The second-order valence-electron chi connectivity index (χ2n) is 6.19. The summed E-state index contributed by atoms with van der Waals surface area (Å²) in [5, 5.41) is 0. The Morgan fingerprint density at radius 3 is 2.60 bits per heavy atom. The number of fused-ring (bicyclic) bond motifs is 1. The Morgan fingerprint density at radius 2 is 1.84 bits per heavy atom. The average molecular weight is 368 g/mol. The minimum absolute atomic E-state index is 0.0982. The molecule has 0 atom stereocenters. The van der Waals surface area contributed by atoms with Crippen LogP contribution in [0.2, 0.25) is 0 Å². The van der Waals surface area contributed by atoms with Crippen LogP contribution in [0.5, 0.6) is 11.5 Å². The molecule has 3 rings (SSSR count). The summed E-state index contributed by atoms with van der Waals surface area (Å²) in [6.07, 6.45) is 1.95. The van der Waals surface area contributed by atoms with Crippen LogP contribution >= 0.6 is 0 Å². The maximum atomic E-state index is 13.0. The molecule has 25 heavy (non-hydrogen) atoms. The van der Waals surface area contributed by atoms with Crippen LogP contribution in [-0.2, 0) is 14.8 Å². The fraction of sp³-hybridized carbons (Fsp3) is 0.588. The summed E-state index contributed by atoms with van der Waals surface area (Å²) in [5.74, 6) is 1.13. The summed E-state index contributed by atoms with van der Waals surface area (Å²) in [7, 11) is -3.62. The number of ether oxygens (including phenoxy) is 2. The molecule has 0 aliphatic carbocycles. The Hall–Kier alpha value is -1.80. The van der Waals surface area contributed by atoms with E-state index in [4.69, 9.17) is 9.47 Å². The van der Waals surface area contributed by atoms with E-state index in [1.807, 2.05) is 6.92 Å². The lowest BCUT2D eigenvalue weighted by molar-refractivity contribution is -0.131. The van der Waals surface area contributed by atoms with Crippen molar-refractivity contribution < 1.29 is 22.7 Å². The van der Waals surface area contributed by atoms with Crippen LogP contribution in [0.4, 0.5) is 0 Å². The highest BCUT2D eigenvalue weighted by atomic mass is 32.2. The molecule has 0 saturated carbocycles. The molecule has 1 saturated heterocycles. The maximum Gasteiger partial charge on any atom is 0.243 e. The van der Waals surface area contributed by atoms with E-state index in [0.29, 0.717) is 63.7 Å².